The predicted molar refractivity (Wildman–Crippen MR) is 203 cm³/mol. The fraction of sp³-hybridized carbons (Fsp3) is 0.643. The van der Waals surface area contributed by atoms with Crippen LogP contribution in [-0.4, -0.2) is 180 Å². The second-order valence-electron chi connectivity index (χ2n) is 17.7. The van der Waals surface area contributed by atoms with Crippen molar-refractivity contribution in [2.75, 3.05) is 53.7 Å². The summed E-state index contributed by atoms with van der Waals surface area (Å²) in [6.07, 6.45) is -4.08. The Hall–Kier alpha value is -3.79. The number of hydrogen-bond acceptors (Lipinski definition) is 17. The highest BCUT2D eigenvalue weighted by molar-refractivity contribution is 6.31. The smallest absolute Gasteiger partial charge is 0.255 e. The van der Waals surface area contributed by atoms with Crippen LogP contribution in [0.3, 0.4) is 0 Å². The van der Waals surface area contributed by atoms with E-state index in [-0.39, 0.29) is 82.9 Å². The average Bonchev–Trinajstić information content (AvgIpc) is 3.95. The molecule has 0 saturated carbocycles. The number of morpholine rings is 1. The van der Waals surface area contributed by atoms with Gasteiger partial charge >= 0.3 is 0 Å². The molecular weight excluding hydrogens is 784 g/mol. The Kier molecular flexibility index (Phi) is 9.20. The molecule has 1 amide bonds. The number of ether oxygens (including phenoxy) is 8. The third-order valence-electron chi connectivity index (χ3n) is 14.6. The molecule has 8 saturated heterocycles. The van der Waals surface area contributed by atoms with Gasteiger partial charge in [-0.1, -0.05) is 12.1 Å². The molecule has 2 aromatic carbocycles. The Balaban J connectivity index is 0.934. The van der Waals surface area contributed by atoms with Gasteiger partial charge < -0.3 is 63.8 Å². The topological polar surface area (TPSA) is 221 Å². The number of carbonyl (C=O) groups is 3. The van der Waals surface area contributed by atoms with Crippen LogP contribution in [-0.2, 0) is 44.4 Å². The van der Waals surface area contributed by atoms with Crippen molar-refractivity contribution < 1.29 is 67.6 Å². The fourth-order valence-electron chi connectivity index (χ4n) is 11.8. The van der Waals surface area contributed by atoms with Crippen LogP contribution in [0.5, 0.6) is 17.2 Å². The van der Waals surface area contributed by atoms with Gasteiger partial charge in [-0.3, -0.25) is 24.2 Å². The molecule has 5 N–H and O–H groups in total. The minimum Gasteiger partial charge on any atom is -0.507 e. The van der Waals surface area contributed by atoms with E-state index in [9.17, 15) is 29.7 Å². The van der Waals surface area contributed by atoms with Crippen molar-refractivity contribution in [3.63, 3.8) is 0 Å². The number of benzene rings is 2. The van der Waals surface area contributed by atoms with Crippen LogP contribution < -0.4 is 10.5 Å². The summed E-state index contributed by atoms with van der Waals surface area (Å²) >= 11 is 0. The van der Waals surface area contributed by atoms with Crippen molar-refractivity contribution in [2.45, 2.75) is 118 Å². The summed E-state index contributed by atoms with van der Waals surface area (Å²) < 4.78 is 48.4. The van der Waals surface area contributed by atoms with E-state index in [4.69, 9.17) is 43.6 Å². The lowest BCUT2D eigenvalue weighted by Crippen LogP contribution is -2.74. The Morgan fingerprint density at radius 1 is 0.917 bits per heavy atom. The monoisotopic (exact) mass is 834 g/mol. The number of phenolic OH excluding ortho intramolecular Hbond substituents is 2. The van der Waals surface area contributed by atoms with Gasteiger partial charge in [0.1, 0.15) is 41.2 Å². The van der Waals surface area contributed by atoms with Crippen LogP contribution >= 0.6 is 0 Å². The van der Waals surface area contributed by atoms with Gasteiger partial charge in [0.05, 0.1) is 67.9 Å². The number of methoxy groups -OCH3 is 2. The third kappa shape index (κ3) is 5.56. The summed E-state index contributed by atoms with van der Waals surface area (Å²) in [4.78, 5) is 49.5. The maximum atomic E-state index is 14.8. The SMILES string of the molecule is COc1cccc2c1C(=O)c1c(O)c3c(c(O)c1C2=O)C[C@@](O)(C(=O)N1C2CC1CN([C@H]1CO[C@H]4[C@@H]1OC[C@@H]4N)C2)C[C@@H]3O[C@H]1C[C@H]2[C@H](O[C@@H]3[C@@H](OC)OCCN32)[C@H](C)O1. The molecule has 10 aliphatic rings. The van der Waals surface area contributed by atoms with Crippen LogP contribution in [0.2, 0.25) is 0 Å². The van der Waals surface area contributed by atoms with Gasteiger partial charge in [-0.15, -0.1) is 0 Å². The first-order chi connectivity index (χ1) is 28.9. The maximum absolute atomic E-state index is 14.8. The molecule has 2 unspecified atom stereocenters. The van der Waals surface area contributed by atoms with Gasteiger partial charge in [0.15, 0.2) is 24.6 Å². The normalized spacial score (nSPS) is 40.5. The molecule has 18 nitrogen and oxygen atoms in total. The standard InChI is InChI=1S/C42H50N4O14/c1-17-36-23(45-7-8-55-40(54-3)39(45)60-36)10-27(58-17)59-26-12-42(52,41(51)46-18-9-19(46)14-44(13-18)24-16-57-37-22(43)15-56-38(24)37)11-21-29(26)35(50)31-30(33(21)48)32(47)20-5-4-6-25(53-2)28(20)34(31)49/h4-6,17-19,22-24,26-27,36-40,48,50,52H,7-16,43H2,1-3H3/t17-,18?,19?,22-,23-,24-,26-,27-,36+,37+,38+,39+,40-,42-/m0/s1. The highest BCUT2D eigenvalue weighted by Crippen LogP contribution is 2.54. The van der Waals surface area contributed by atoms with E-state index in [1.807, 2.05) is 6.92 Å². The van der Waals surface area contributed by atoms with Crippen LogP contribution in [0.4, 0.5) is 0 Å². The second-order valence-corrected chi connectivity index (χ2v) is 17.7. The number of aromatic hydroxyl groups is 2. The van der Waals surface area contributed by atoms with Gasteiger partial charge in [-0.25, -0.2) is 0 Å². The van der Waals surface area contributed by atoms with Gasteiger partial charge in [0.2, 0.25) is 5.78 Å². The first-order valence-electron chi connectivity index (χ1n) is 20.9. The van der Waals surface area contributed by atoms with E-state index in [2.05, 4.69) is 9.80 Å². The summed E-state index contributed by atoms with van der Waals surface area (Å²) in [5.41, 5.74) is 3.19. The molecule has 0 aromatic heterocycles. The number of piperazine rings is 1. The first kappa shape index (κ1) is 39.1. The van der Waals surface area contributed by atoms with Gasteiger partial charge in [0, 0.05) is 80.8 Å². The highest BCUT2D eigenvalue weighted by atomic mass is 16.7. The van der Waals surface area contributed by atoms with Crippen LogP contribution in [0.25, 0.3) is 0 Å². The molecule has 8 fully saturated rings. The van der Waals surface area contributed by atoms with E-state index in [1.165, 1.54) is 19.2 Å². The molecular formula is C42H50N4O14. The van der Waals surface area contributed by atoms with Crippen LogP contribution in [0.1, 0.15) is 75.3 Å². The van der Waals surface area contributed by atoms with Gasteiger partial charge in [-0.2, -0.15) is 0 Å². The number of aliphatic hydroxyl groups is 1. The largest absolute Gasteiger partial charge is 0.507 e. The lowest BCUT2D eigenvalue weighted by atomic mass is 9.71. The molecule has 8 heterocycles. The quantitative estimate of drug-likeness (QED) is 0.239. The van der Waals surface area contributed by atoms with Crippen molar-refractivity contribution in [1.82, 2.24) is 14.7 Å². The zero-order valence-corrected chi connectivity index (χ0v) is 33.6. The average molecular weight is 835 g/mol. The Morgan fingerprint density at radius 3 is 2.45 bits per heavy atom. The van der Waals surface area contributed by atoms with Crippen LogP contribution in [0, 0.1) is 0 Å². The van der Waals surface area contributed by atoms with Crippen molar-refractivity contribution in [3.8, 4) is 17.2 Å². The van der Waals surface area contributed by atoms with E-state index in [0.29, 0.717) is 45.9 Å². The molecule has 14 atom stereocenters. The van der Waals surface area contributed by atoms with Crippen molar-refractivity contribution in [3.05, 3.63) is 51.6 Å². The molecule has 60 heavy (non-hydrogen) atoms. The predicted octanol–water partition coefficient (Wildman–Crippen LogP) is -0.0715. The molecule has 322 valence electrons. The van der Waals surface area contributed by atoms with Gasteiger partial charge in [0.25, 0.3) is 5.91 Å². The Bertz CT molecular complexity index is 2140. The number of rotatable bonds is 6. The number of fused-ring (bicyclic) bond motifs is 9. The lowest BCUT2D eigenvalue weighted by molar-refractivity contribution is -0.256. The number of ketones is 2. The Morgan fingerprint density at radius 2 is 1.68 bits per heavy atom. The summed E-state index contributed by atoms with van der Waals surface area (Å²) in [5, 5.41) is 37.0. The molecule has 2 aromatic rings. The Labute approximate surface area is 345 Å². The summed E-state index contributed by atoms with van der Waals surface area (Å²) in [5.74, 6) is -3.01. The molecule has 2 aliphatic carbocycles. The highest BCUT2D eigenvalue weighted by Gasteiger charge is 2.60. The molecule has 0 spiro atoms. The number of amides is 1. The van der Waals surface area contributed by atoms with Crippen molar-refractivity contribution in [1.29, 1.82) is 0 Å². The van der Waals surface area contributed by atoms with Gasteiger partial charge in [-0.05, 0) is 19.4 Å². The number of hydrogen-bond donors (Lipinski definition) is 4. The molecule has 18 heteroatoms. The van der Waals surface area contributed by atoms with Crippen molar-refractivity contribution >= 4 is 17.5 Å². The molecule has 0 radical (unpaired) electrons. The molecule has 8 aliphatic heterocycles. The summed E-state index contributed by atoms with van der Waals surface area (Å²) in [6.45, 7) is 4.90. The lowest BCUT2D eigenvalue weighted by Gasteiger charge is -2.59. The minimum absolute atomic E-state index is 0.000785. The minimum atomic E-state index is -2.14. The van der Waals surface area contributed by atoms with Crippen LogP contribution in [0.15, 0.2) is 18.2 Å². The van der Waals surface area contributed by atoms with E-state index in [1.54, 1.807) is 18.1 Å². The number of piperidine rings is 1. The maximum Gasteiger partial charge on any atom is 0.255 e. The number of phenols is 2. The fourth-order valence-corrected chi connectivity index (χ4v) is 11.8. The number of nitrogens with zero attached hydrogens (tertiary/aromatic N) is 3. The van der Waals surface area contributed by atoms with E-state index in [0.717, 1.165) is 6.42 Å². The first-order valence-corrected chi connectivity index (χ1v) is 20.9. The third-order valence-corrected chi connectivity index (χ3v) is 14.6. The number of carbonyl (C=O) groups excluding carboxylic acids is 3. The van der Waals surface area contributed by atoms with E-state index < -0.39 is 83.1 Å². The van der Waals surface area contributed by atoms with Crippen molar-refractivity contribution in [2.24, 2.45) is 5.73 Å². The zero-order valence-electron chi connectivity index (χ0n) is 33.6. The second kappa shape index (κ2) is 14.1. The zero-order chi connectivity index (χ0) is 41.5. The molecule has 2 bridgehead atoms. The summed E-state index contributed by atoms with van der Waals surface area (Å²) in [7, 11) is 2.93. The summed E-state index contributed by atoms with van der Waals surface area (Å²) in [6, 6.07) is 3.79. The molecule has 12 rings (SSSR count). The van der Waals surface area contributed by atoms with E-state index >= 15 is 0 Å². The number of nitrogens with two attached hydrogens (primary N) is 1.